The zero-order valence-electron chi connectivity index (χ0n) is 9.71. The second kappa shape index (κ2) is 4.97. The summed E-state index contributed by atoms with van der Waals surface area (Å²) >= 11 is 0. The van der Waals surface area contributed by atoms with E-state index in [1.54, 1.807) is 6.07 Å². The highest BCUT2D eigenvalue weighted by molar-refractivity contribution is 5.76. The number of nitrogen functional groups attached to an aromatic ring is 1. The summed E-state index contributed by atoms with van der Waals surface area (Å²) in [5, 5.41) is 8.62. The van der Waals surface area contributed by atoms with Crippen molar-refractivity contribution in [1.82, 2.24) is 9.97 Å². The van der Waals surface area contributed by atoms with E-state index in [9.17, 15) is 4.79 Å². The van der Waals surface area contributed by atoms with Gasteiger partial charge in [0.15, 0.2) is 0 Å². The van der Waals surface area contributed by atoms with Crippen LogP contribution >= 0.6 is 0 Å². The van der Waals surface area contributed by atoms with Gasteiger partial charge in [0.05, 0.1) is 17.2 Å². The molecule has 0 aliphatic heterocycles. The molecule has 0 bridgehead atoms. The first kappa shape index (κ1) is 12.3. The Labute approximate surface area is 104 Å². The molecular formula is C12H14N4O2. The highest BCUT2D eigenvalue weighted by Crippen LogP contribution is 2.20. The van der Waals surface area contributed by atoms with Crippen LogP contribution in [0, 0.1) is 0 Å². The highest BCUT2D eigenvalue weighted by atomic mass is 16.4. The van der Waals surface area contributed by atoms with Crippen LogP contribution in [-0.2, 0) is 4.79 Å². The van der Waals surface area contributed by atoms with Crippen molar-refractivity contribution in [3.05, 3.63) is 30.0 Å². The van der Waals surface area contributed by atoms with Crippen molar-refractivity contribution in [2.75, 3.05) is 5.73 Å². The van der Waals surface area contributed by atoms with Gasteiger partial charge in [-0.05, 0) is 24.1 Å². The van der Waals surface area contributed by atoms with Crippen molar-refractivity contribution in [1.29, 1.82) is 0 Å². The monoisotopic (exact) mass is 246 g/mol. The Balaban J connectivity index is 2.24. The summed E-state index contributed by atoms with van der Waals surface area (Å²) in [6.07, 6.45) is 1.92. The zero-order valence-corrected chi connectivity index (χ0v) is 9.71. The van der Waals surface area contributed by atoms with Gasteiger partial charge >= 0.3 is 5.97 Å². The van der Waals surface area contributed by atoms with E-state index in [1.807, 2.05) is 12.1 Å². The van der Waals surface area contributed by atoms with E-state index in [0.717, 1.165) is 5.56 Å². The van der Waals surface area contributed by atoms with Gasteiger partial charge in [-0.15, -0.1) is 0 Å². The third-order valence-corrected chi connectivity index (χ3v) is 2.68. The number of carboxylic acids is 1. The summed E-state index contributed by atoms with van der Waals surface area (Å²) < 4.78 is 0. The van der Waals surface area contributed by atoms with Crippen molar-refractivity contribution in [2.45, 2.75) is 18.9 Å². The first-order valence-electron chi connectivity index (χ1n) is 5.56. The molecule has 0 saturated carbocycles. The molecule has 0 spiro atoms. The maximum atomic E-state index is 10.5. The number of anilines is 1. The Morgan fingerprint density at radius 2 is 2.17 bits per heavy atom. The van der Waals surface area contributed by atoms with E-state index in [1.165, 1.54) is 6.20 Å². The first-order valence-corrected chi connectivity index (χ1v) is 5.56. The third kappa shape index (κ3) is 2.72. The van der Waals surface area contributed by atoms with Crippen LogP contribution in [0.15, 0.2) is 24.4 Å². The largest absolute Gasteiger partial charge is 0.481 e. The Kier molecular flexibility index (Phi) is 3.38. The average molecular weight is 246 g/mol. The Hall–Kier alpha value is -2.21. The Bertz CT molecular complexity index is 585. The third-order valence-electron chi connectivity index (χ3n) is 2.68. The minimum Gasteiger partial charge on any atom is -0.481 e. The van der Waals surface area contributed by atoms with Gasteiger partial charge in [0.25, 0.3) is 0 Å². The molecule has 1 aromatic carbocycles. The van der Waals surface area contributed by atoms with Crippen LogP contribution < -0.4 is 11.5 Å². The smallest absolute Gasteiger partial charge is 0.303 e. The lowest BCUT2D eigenvalue weighted by atomic mass is 10.0. The number of benzene rings is 1. The zero-order chi connectivity index (χ0) is 13.1. The molecule has 1 atom stereocenters. The maximum absolute atomic E-state index is 10.5. The highest BCUT2D eigenvalue weighted by Gasteiger charge is 2.09. The molecule has 0 saturated heterocycles. The molecule has 0 aliphatic rings. The number of hydrogen-bond acceptors (Lipinski definition) is 5. The fourth-order valence-corrected chi connectivity index (χ4v) is 1.72. The van der Waals surface area contributed by atoms with Crippen molar-refractivity contribution in [3.63, 3.8) is 0 Å². The molecule has 0 aliphatic carbocycles. The summed E-state index contributed by atoms with van der Waals surface area (Å²) in [5.74, 6) is -0.482. The Morgan fingerprint density at radius 1 is 1.39 bits per heavy atom. The van der Waals surface area contributed by atoms with E-state index < -0.39 is 5.97 Å². The predicted octanol–water partition coefficient (Wildman–Crippen LogP) is 1.08. The van der Waals surface area contributed by atoms with Crippen LogP contribution in [0.1, 0.15) is 24.4 Å². The number of aliphatic carboxylic acids is 1. The molecule has 2 aromatic rings. The number of nitrogens with zero attached hydrogens (tertiary/aromatic N) is 2. The molecule has 0 radical (unpaired) electrons. The quantitative estimate of drug-likeness (QED) is 0.743. The number of aromatic nitrogens is 2. The number of carbonyl (C=O) groups is 1. The normalized spacial score (nSPS) is 12.5. The number of fused-ring (bicyclic) bond motifs is 1. The van der Waals surface area contributed by atoms with Crippen molar-refractivity contribution in [2.24, 2.45) is 5.73 Å². The van der Waals surface area contributed by atoms with Gasteiger partial charge < -0.3 is 16.6 Å². The van der Waals surface area contributed by atoms with Crippen LogP contribution in [0.5, 0.6) is 0 Å². The molecule has 18 heavy (non-hydrogen) atoms. The summed E-state index contributed by atoms with van der Waals surface area (Å²) in [6, 6.07) is 5.11. The second-order valence-electron chi connectivity index (χ2n) is 4.08. The standard InChI is InChI=1S/C12H14N4O2/c13-8(2-4-12(17)18)7-1-3-9-10(5-7)15-6-11(14)16-9/h1,3,5-6,8H,2,4,13H2,(H2,14,16)(H,17,18). The molecule has 1 unspecified atom stereocenters. The predicted molar refractivity (Wildman–Crippen MR) is 67.7 cm³/mol. The van der Waals surface area contributed by atoms with Gasteiger partial charge in [-0.3, -0.25) is 9.78 Å². The fourth-order valence-electron chi connectivity index (χ4n) is 1.72. The molecule has 6 heteroatoms. The van der Waals surface area contributed by atoms with Crippen LogP contribution in [0.25, 0.3) is 11.0 Å². The fraction of sp³-hybridized carbons (Fsp3) is 0.250. The summed E-state index contributed by atoms with van der Waals surface area (Å²) in [5.41, 5.74) is 13.7. The molecule has 5 N–H and O–H groups in total. The molecular weight excluding hydrogens is 232 g/mol. The Morgan fingerprint density at radius 3 is 2.89 bits per heavy atom. The van der Waals surface area contributed by atoms with E-state index in [4.69, 9.17) is 16.6 Å². The summed E-state index contributed by atoms with van der Waals surface area (Å²) in [4.78, 5) is 18.8. The van der Waals surface area contributed by atoms with E-state index >= 15 is 0 Å². The molecule has 6 nitrogen and oxygen atoms in total. The summed E-state index contributed by atoms with van der Waals surface area (Å²) in [7, 11) is 0. The number of nitrogens with two attached hydrogens (primary N) is 2. The topological polar surface area (TPSA) is 115 Å². The lowest BCUT2D eigenvalue weighted by Crippen LogP contribution is -2.12. The van der Waals surface area contributed by atoms with E-state index in [-0.39, 0.29) is 12.5 Å². The van der Waals surface area contributed by atoms with Gasteiger partial charge in [-0.1, -0.05) is 6.07 Å². The molecule has 94 valence electrons. The molecule has 0 fully saturated rings. The van der Waals surface area contributed by atoms with E-state index in [0.29, 0.717) is 23.3 Å². The van der Waals surface area contributed by atoms with Crippen LogP contribution in [-0.4, -0.2) is 21.0 Å². The molecule has 0 amide bonds. The van der Waals surface area contributed by atoms with Gasteiger partial charge in [-0.2, -0.15) is 0 Å². The van der Waals surface area contributed by atoms with Gasteiger partial charge in [0.1, 0.15) is 5.82 Å². The van der Waals surface area contributed by atoms with Crippen LogP contribution in [0.2, 0.25) is 0 Å². The van der Waals surface area contributed by atoms with Crippen molar-refractivity contribution >= 4 is 22.8 Å². The molecule has 1 heterocycles. The number of rotatable bonds is 4. The minimum atomic E-state index is -0.848. The average Bonchev–Trinajstić information content (AvgIpc) is 2.35. The van der Waals surface area contributed by atoms with Crippen LogP contribution in [0.4, 0.5) is 5.82 Å². The second-order valence-corrected chi connectivity index (χ2v) is 4.08. The van der Waals surface area contributed by atoms with Crippen LogP contribution in [0.3, 0.4) is 0 Å². The molecule has 1 aromatic heterocycles. The number of carboxylic acid groups (broad SMARTS) is 1. The van der Waals surface area contributed by atoms with Gasteiger partial charge in [0, 0.05) is 12.5 Å². The van der Waals surface area contributed by atoms with E-state index in [2.05, 4.69) is 9.97 Å². The minimum absolute atomic E-state index is 0.0482. The SMILES string of the molecule is Nc1cnc2cc(C(N)CCC(=O)O)ccc2n1. The lowest BCUT2D eigenvalue weighted by molar-refractivity contribution is -0.137. The summed E-state index contributed by atoms with van der Waals surface area (Å²) in [6.45, 7) is 0. The van der Waals surface area contributed by atoms with Crippen molar-refractivity contribution < 1.29 is 9.90 Å². The number of hydrogen-bond donors (Lipinski definition) is 3. The van der Waals surface area contributed by atoms with Crippen molar-refractivity contribution in [3.8, 4) is 0 Å². The maximum Gasteiger partial charge on any atom is 0.303 e. The first-order chi connectivity index (χ1) is 8.56. The van der Waals surface area contributed by atoms with Gasteiger partial charge in [-0.25, -0.2) is 4.98 Å². The molecule has 2 rings (SSSR count). The van der Waals surface area contributed by atoms with Gasteiger partial charge in [0.2, 0.25) is 0 Å². The lowest BCUT2D eigenvalue weighted by Gasteiger charge is -2.11.